The summed E-state index contributed by atoms with van der Waals surface area (Å²) >= 11 is 2.96. The van der Waals surface area contributed by atoms with Crippen molar-refractivity contribution in [3.63, 3.8) is 0 Å². The monoisotopic (exact) mass is 266 g/mol. The maximum absolute atomic E-state index is 12.5. The summed E-state index contributed by atoms with van der Waals surface area (Å²) in [6.45, 7) is 0. The smallest absolute Gasteiger partial charge is 0.258 e. The van der Waals surface area contributed by atoms with Crippen molar-refractivity contribution in [2.75, 3.05) is 0 Å². The van der Waals surface area contributed by atoms with Crippen LogP contribution in [0.5, 0.6) is 0 Å². The Morgan fingerprint density at radius 1 is 1.57 bits per heavy atom. The van der Waals surface area contributed by atoms with Gasteiger partial charge >= 0.3 is 0 Å². The molecule has 0 aliphatic heterocycles. The topological polar surface area (TPSA) is 56.0 Å². The molecule has 0 spiro atoms. The highest BCUT2D eigenvalue weighted by Crippen LogP contribution is 2.31. The van der Waals surface area contributed by atoms with Gasteiger partial charge in [0.1, 0.15) is 11.8 Å². The van der Waals surface area contributed by atoms with Gasteiger partial charge in [-0.25, -0.2) is 8.78 Å². The standard InChI is InChI=1S/C7H5BrF2N2O2/c8-1-4-2-11-3-5(12(13)14)6(4)7(9)10/h2-3,7H,1H2. The number of hydrogen-bond donors (Lipinski definition) is 0. The third-order valence-electron chi connectivity index (χ3n) is 1.61. The van der Waals surface area contributed by atoms with Crippen LogP contribution in [0.3, 0.4) is 0 Å². The molecule has 7 heteroatoms. The molecule has 0 radical (unpaired) electrons. The molecule has 0 fully saturated rings. The zero-order valence-corrected chi connectivity index (χ0v) is 8.37. The Bertz CT molecular complexity index is 360. The van der Waals surface area contributed by atoms with E-state index in [0.29, 0.717) is 0 Å². The van der Waals surface area contributed by atoms with Crippen molar-refractivity contribution < 1.29 is 13.7 Å². The van der Waals surface area contributed by atoms with Gasteiger partial charge in [0.05, 0.1) is 4.92 Å². The normalized spacial score (nSPS) is 10.6. The summed E-state index contributed by atoms with van der Waals surface area (Å²) in [5, 5.41) is 10.5. The maximum Gasteiger partial charge on any atom is 0.296 e. The first-order valence-corrected chi connectivity index (χ1v) is 4.65. The van der Waals surface area contributed by atoms with Crippen LogP contribution < -0.4 is 0 Å². The van der Waals surface area contributed by atoms with Crippen molar-refractivity contribution in [3.05, 3.63) is 33.6 Å². The number of halogens is 3. The number of nitrogens with zero attached hydrogens (tertiary/aromatic N) is 2. The number of hydrogen-bond acceptors (Lipinski definition) is 3. The first-order chi connectivity index (χ1) is 6.57. The summed E-state index contributed by atoms with van der Waals surface area (Å²) in [5.74, 6) is 0. The number of aromatic nitrogens is 1. The van der Waals surface area contributed by atoms with Gasteiger partial charge in [0.2, 0.25) is 0 Å². The van der Waals surface area contributed by atoms with E-state index in [0.717, 1.165) is 6.20 Å². The number of alkyl halides is 3. The molecule has 0 amide bonds. The third kappa shape index (κ3) is 2.03. The van der Waals surface area contributed by atoms with Gasteiger partial charge in [-0.3, -0.25) is 15.1 Å². The molecular weight excluding hydrogens is 262 g/mol. The number of nitro groups is 1. The molecule has 0 aromatic carbocycles. The van der Waals surface area contributed by atoms with E-state index in [1.165, 1.54) is 6.20 Å². The summed E-state index contributed by atoms with van der Waals surface area (Å²) in [6.07, 6.45) is -0.859. The van der Waals surface area contributed by atoms with Crippen LogP contribution in [0.25, 0.3) is 0 Å². The Morgan fingerprint density at radius 3 is 2.64 bits per heavy atom. The summed E-state index contributed by atoms with van der Waals surface area (Å²) in [4.78, 5) is 13.1. The van der Waals surface area contributed by atoms with Gasteiger partial charge in [0.25, 0.3) is 12.1 Å². The highest BCUT2D eigenvalue weighted by molar-refractivity contribution is 9.08. The van der Waals surface area contributed by atoms with Crippen LogP contribution in [-0.4, -0.2) is 9.91 Å². The average molecular weight is 267 g/mol. The quantitative estimate of drug-likeness (QED) is 0.480. The van der Waals surface area contributed by atoms with Gasteiger partial charge < -0.3 is 0 Å². The van der Waals surface area contributed by atoms with Crippen LogP contribution in [0.2, 0.25) is 0 Å². The van der Waals surface area contributed by atoms with Gasteiger partial charge in [-0.05, 0) is 5.56 Å². The lowest BCUT2D eigenvalue weighted by molar-refractivity contribution is -0.386. The molecule has 1 heterocycles. The molecule has 0 saturated heterocycles. The Balaban J connectivity index is 3.35. The lowest BCUT2D eigenvalue weighted by Crippen LogP contribution is -2.01. The van der Waals surface area contributed by atoms with Crippen molar-refractivity contribution in [2.45, 2.75) is 11.8 Å². The Hall–Kier alpha value is -1.11. The minimum Gasteiger partial charge on any atom is -0.258 e. The van der Waals surface area contributed by atoms with Gasteiger partial charge in [0.15, 0.2) is 0 Å². The summed E-state index contributed by atoms with van der Waals surface area (Å²) < 4.78 is 25.0. The molecule has 0 aliphatic carbocycles. The van der Waals surface area contributed by atoms with Crippen LogP contribution >= 0.6 is 15.9 Å². The molecular formula is C7H5BrF2N2O2. The zero-order chi connectivity index (χ0) is 10.7. The van der Waals surface area contributed by atoms with Gasteiger partial charge in [0, 0.05) is 11.5 Å². The van der Waals surface area contributed by atoms with Crippen LogP contribution in [0.4, 0.5) is 14.5 Å². The Morgan fingerprint density at radius 2 is 2.21 bits per heavy atom. The molecule has 0 N–H and O–H groups in total. The molecule has 0 bridgehead atoms. The number of pyridine rings is 1. The minimum absolute atomic E-state index is 0.112. The Kier molecular flexibility index (Phi) is 3.45. The van der Waals surface area contributed by atoms with Crippen molar-refractivity contribution in [2.24, 2.45) is 0 Å². The lowest BCUT2D eigenvalue weighted by atomic mass is 10.1. The van der Waals surface area contributed by atoms with Gasteiger partial charge in [-0.2, -0.15) is 0 Å². The van der Waals surface area contributed by atoms with E-state index in [1.54, 1.807) is 0 Å². The molecule has 76 valence electrons. The molecule has 0 unspecified atom stereocenters. The van der Waals surface area contributed by atoms with Crippen molar-refractivity contribution >= 4 is 21.6 Å². The molecule has 0 atom stereocenters. The molecule has 1 rings (SSSR count). The molecule has 0 aliphatic rings. The second kappa shape index (κ2) is 4.41. The minimum atomic E-state index is -2.87. The van der Waals surface area contributed by atoms with Crippen LogP contribution in [0, 0.1) is 10.1 Å². The largest absolute Gasteiger partial charge is 0.296 e. The molecule has 0 saturated carbocycles. The van der Waals surface area contributed by atoms with Crippen LogP contribution in [0.1, 0.15) is 17.6 Å². The van der Waals surface area contributed by atoms with E-state index in [2.05, 4.69) is 20.9 Å². The van der Waals surface area contributed by atoms with E-state index in [1.807, 2.05) is 0 Å². The van der Waals surface area contributed by atoms with E-state index < -0.39 is 22.6 Å². The average Bonchev–Trinajstić information content (AvgIpc) is 2.16. The summed E-state index contributed by atoms with van der Waals surface area (Å²) in [6, 6.07) is 0. The predicted molar refractivity (Wildman–Crippen MR) is 48.5 cm³/mol. The SMILES string of the molecule is O=[N+]([O-])c1cncc(CBr)c1C(F)F. The second-order valence-corrected chi connectivity index (χ2v) is 2.98. The zero-order valence-electron chi connectivity index (χ0n) is 6.78. The lowest BCUT2D eigenvalue weighted by Gasteiger charge is -2.05. The highest BCUT2D eigenvalue weighted by atomic mass is 79.9. The molecule has 4 nitrogen and oxygen atoms in total. The maximum atomic E-state index is 12.5. The molecule has 1 aromatic rings. The van der Waals surface area contributed by atoms with Crippen molar-refractivity contribution in [1.29, 1.82) is 0 Å². The first kappa shape index (κ1) is 11.0. The van der Waals surface area contributed by atoms with E-state index in [4.69, 9.17) is 0 Å². The molecule has 1 aromatic heterocycles. The van der Waals surface area contributed by atoms with Gasteiger partial charge in [-0.15, -0.1) is 0 Å². The fourth-order valence-electron chi connectivity index (χ4n) is 1.01. The predicted octanol–water partition coefficient (Wildman–Crippen LogP) is 2.82. The second-order valence-electron chi connectivity index (χ2n) is 2.42. The molecule has 14 heavy (non-hydrogen) atoms. The van der Waals surface area contributed by atoms with Crippen LogP contribution in [-0.2, 0) is 5.33 Å². The summed E-state index contributed by atoms with van der Waals surface area (Å²) in [7, 11) is 0. The number of rotatable bonds is 3. The van der Waals surface area contributed by atoms with Crippen molar-refractivity contribution in [1.82, 2.24) is 4.98 Å². The van der Waals surface area contributed by atoms with Crippen LogP contribution in [0.15, 0.2) is 12.4 Å². The first-order valence-electron chi connectivity index (χ1n) is 3.53. The van der Waals surface area contributed by atoms with E-state index in [9.17, 15) is 18.9 Å². The fraction of sp³-hybridized carbons (Fsp3) is 0.286. The highest BCUT2D eigenvalue weighted by Gasteiger charge is 2.25. The van der Waals surface area contributed by atoms with E-state index in [-0.39, 0.29) is 10.9 Å². The van der Waals surface area contributed by atoms with Crippen molar-refractivity contribution in [3.8, 4) is 0 Å². The third-order valence-corrected chi connectivity index (χ3v) is 2.21. The fourth-order valence-corrected chi connectivity index (χ4v) is 1.45. The summed E-state index contributed by atoms with van der Waals surface area (Å²) in [5.41, 5.74) is -1.08. The van der Waals surface area contributed by atoms with E-state index >= 15 is 0 Å². The van der Waals surface area contributed by atoms with Gasteiger partial charge in [-0.1, -0.05) is 15.9 Å². The Labute approximate surface area is 86.2 Å².